The monoisotopic (exact) mass is 224 g/mol. The molecule has 1 aromatic carbocycles. The van der Waals surface area contributed by atoms with Gasteiger partial charge >= 0.3 is 5.97 Å². The number of carboxylic acid groups (broad SMARTS) is 1. The summed E-state index contributed by atoms with van der Waals surface area (Å²) in [6.45, 7) is 1.87. The molecule has 0 amide bonds. The first-order chi connectivity index (χ1) is 7.58. The second-order valence-corrected chi connectivity index (χ2v) is 3.77. The third-order valence-corrected chi connectivity index (χ3v) is 2.53. The maximum absolute atomic E-state index is 10.6. The SMILES string of the molecule is CC(CC(=O)O)c1cc(O)c2c(c1)OCO2. The first-order valence-corrected chi connectivity index (χ1v) is 4.92. The number of rotatable bonds is 3. The molecule has 0 saturated carbocycles. The predicted octanol–water partition coefficient (Wildman–Crippen LogP) is 1.70. The number of fused-ring (bicyclic) bond motifs is 1. The van der Waals surface area contributed by atoms with Crippen LogP contribution in [0.25, 0.3) is 0 Å². The van der Waals surface area contributed by atoms with Gasteiger partial charge in [0.2, 0.25) is 12.5 Å². The third kappa shape index (κ3) is 1.88. The lowest BCUT2D eigenvalue weighted by molar-refractivity contribution is -0.137. The Morgan fingerprint density at radius 1 is 1.50 bits per heavy atom. The van der Waals surface area contributed by atoms with E-state index < -0.39 is 5.97 Å². The number of phenols is 1. The molecular weight excluding hydrogens is 212 g/mol. The molecule has 0 fully saturated rings. The van der Waals surface area contributed by atoms with Crippen LogP contribution in [0.2, 0.25) is 0 Å². The Kier molecular flexibility index (Phi) is 2.60. The van der Waals surface area contributed by atoms with E-state index in [0.29, 0.717) is 11.5 Å². The van der Waals surface area contributed by atoms with Gasteiger partial charge < -0.3 is 19.7 Å². The predicted molar refractivity (Wildman–Crippen MR) is 54.9 cm³/mol. The van der Waals surface area contributed by atoms with Gasteiger partial charge in [-0.25, -0.2) is 0 Å². The summed E-state index contributed by atoms with van der Waals surface area (Å²) < 4.78 is 10.2. The van der Waals surface area contributed by atoms with E-state index in [-0.39, 0.29) is 24.9 Å². The molecule has 1 aliphatic rings. The van der Waals surface area contributed by atoms with E-state index in [1.165, 1.54) is 6.07 Å². The van der Waals surface area contributed by atoms with Crippen LogP contribution in [0.1, 0.15) is 24.8 Å². The van der Waals surface area contributed by atoms with Crippen LogP contribution in [-0.4, -0.2) is 23.0 Å². The molecule has 0 saturated heterocycles. The average molecular weight is 224 g/mol. The average Bonchev–Trinajstić information content (AvgIpc) is 2.64. The van der Waals surface area contributed by atoms with Crippen molar-refractivity contribution in [3.63, 3.8) is 0 Å². The van der Waals surface area contributed by atoms with Gasteiger partial charge in [-0.3, -0.25) is 4.79 Å². The van der Waals surface area contributed by atoms with E-state index in [2.05, 4.69) is 0 Å². The molecule has 2 rings (SSSR count). The zero-order valence-electron chi connectivity index (χ0n) is 8.77. The molecule has 16 heavy (non-hydrogen) atoms. The van der Waals surface area contributed by atoms with E-state index in [1.54, 1.807) is 13.0 Å². The van der Waals surface area contributed by atoms with Crippen LogP contribution in [0.15, 0.2) is 12.1 Å². The van der Waals surface area contributed by atoms with Crippen molar-refractivity contribution in [1.29, 1.82) is 0 Å². The fourth-order valence-corrected chi connectivity index (χ4v) is 1.68. The van der Waals surface area contributed by atoms with Crippen molar-refractivity contribution in [2.24, 2.45) is 0 Å². The van der Waals surface area contributed by atoms with Crippen molar-refractivity contribution in [2.45, 2.75) is 19.3 Å². The molecule has 5 heteroatoms. The molecule has 0 aromatic heterocycles. The third-order valence-electron chi connectivity index (χ3n) is 2.53. The number of carbonyl (C=O) groups is 1. The Hall–Kier alpha value is -1.91. The summed E-state index contributed by atoms with van der Waals surface area (Å²) in [4.78, 5) is 10.6. The van der Waals surface area contributed by atoms with Gasteiger partial charge in [-0.2, -0.15) is 0 Å². The van der Waals surface area contributed by atoms with E-state index in [0.717, 1.165) is 5.56 Å². The molecule has 0 bridgehead atoms. The molecule has 86 valence electrons. The minimum atomic E-state index is -0.871. The highest BCUT2D eigenvalue weighted by atomic mass is 16.7. The highest BCUT2D eigenvalue weighted by Crippen LogP contribution is 2.42. The Labute approximate surface area is 92.2 Å². The van der Waals surface area contributed by atoms with Gasteiger partial charge in [-0.1, -0.05) is 6.92 Å². The standard InChI is InChI=1S/C11H12O5/c1-6(2-10(13)14)7-3-8(12)11-9(4-7)15-5-16-11/h3-4,6,12H,2,5H2,1H3,(H,13,14). The quantitative estimate of drug-likeness (QED) is 0.817. The molecule has 0 aliphatic carbocycles. The largest absolute Gasteiger partial charge is 0.504 e. The van der Waals surface area contributed by atoms with Crippen molar-refractivity contribution in [3.8, 4) is 17.2 Å². The maximum Gasteiger partial charge on any atom is 0.303 e. The van der Waals surface area contributed by atoms with Crippen LogP contribution in [0.4, 0.5) is 0 Å². The number of ether oxygens (including phenoxy) is 2. The number of carboxylic acids is 1. The smallest absolute Gasteiger partial charge is 0.303 e. The lowest BCUT2D eigenvalue weighted by Crippen LogP contribution is -2.02. The summed E-state index contributed by atoms with van der Waals surface area (Å²) in [5, 5.41) is 18.3. The fraction of sp³-hybridized carbons (Fsp3) is 0.364. The van der Waals surface area contributed by atoms with Crippen LogP contribution in [0.5, 0.6) is 17.2 Å². The molecule has 0 radical (unpaired) electrons. The second-order valence-electron chi connectivity index (χ2n) is 3.77. The second kappa shape index (κ2) is 3.92. The van der Waals surface area contributed by atoms with E-state index >= 15 is 0 Å². The molecule has 0 spiro atoms. The highest BCUT2D eigenvalue weighted by Gasteiger charge is 2.21. The summed E-state index contributed by atoms with van der Waals surface area (Å²) in [6, 6.07) is 3.22. The van der Waals surface area contributed by atoms with Gasteiger partial charge in [0.25, 0.3) is 0 Å². The van der Waals surface area contributed by atoms with Gasteiger partial charge in [0.1, 0.15) is 0 Å². The molecule has 1 unspecified atom stereocenters. The molecule has 5 nitrogen and oxygen atoms in total. The zero-order chi connectivity index (χ0) is 11.7. The lowest BCUT2D eigenvalue weighted by atomic mass is 9.97. The summed E-state index contributed by atoms with van der Waals surface area (Å²) >= 11 is 0. The molecule has 1 atom stereocenters. The van der Waals surface area contributed by atoms with Crippen LogP contribution < -0.4 is 9.47 Å². The number of hydrogen-bond donors (Lipinski definition) is 2. The Morgan fingerprint density at radius 3 is 2.94 bits per heavy atom. The minimum Gasteiger partial charge on any atom is -0.504 e. The van der Waals surface area contributed by atoms with Crippen molar-refractivity contribution < 1.29 is 24.5 Å². The van der Waals surface area contributed by atoms with Crippen LogP contribution in [0, 0.1) is 0 Å². The molecule has 1 aliphatic heterocycles. The summed E-state index contributed by atoms with van der Waals surface area (Å²) in [6.07, 6.45) is 0.0130. The molecule has 2 N–H and O–H groups in total. The Balaban J connectivity index is 2.29. The lowest BCUT2D eigenvalue weighted by Gasteiger charge is -2.10. The van der Waals surface area contributed by atoms with Crippen LogP contribution in [-0.2, 0) is 4.79 Å². The van der Waals surface area contributed by atoms with Crippen molar-refractivity contribution in [1.82, 2.24) is 0 Å². The first-order valence-electron chi connectivity index (χ1n) is 4.92. The Morgan fingerprint density at radius 2 is 2.25 bits per heavy atom. The summed E-state index contributed by atoms with van der Waals surface area (Å²) in [5.41, 5.74) is 0.726. The van der Waals surface area contributed by atoms with Gasteiger partial charge in [-0.05, 0) is 23.6 Å². The zero-order valence-corrected chi connectivity index (χ0v) is 8.77. The van der Waals surface area contributed by atoms with Gasteiger partial charge in [0.05, 0.1) is 6.42 Å². The minimum absolute atomic E-state index is 0.0118. The molecule has 1 aromatic rings. The van der Waals surface area contributed by atoms with Crippen molar-refractivity contribution in [2.75, 3.05) is 6.79 Å². The summed E-state index contributed by atoms with van der Waals surface area (Å²) in [7, 11) is 0. The van der Waals surface area contributed by atoms with E-state index in [1.807, 2.05) is 0 Å². The maximum atomic E-state index is 10.6. The van der Waals surface area contributed by atoms with Gasteiger partial charge in [0, 0.05) is 0 Å². The number of aromatic hydroxyl groups is 1. The first kappa shape index (κ1) is 10.6. The van der Waals surface area contributed by atoms with Crippen LogP contribution >= 0.6 is 0 Å². The van der Waals surface area contributed by atoms with Crippen molar-refractivity contribution in [3.05, 3.63) is 17.7 Å². The summed E-state index contributed by atoms with van der Waals surface area (Å²) in [5.74, 6) is -0.275. The van der Waals surface area contributed by atoms with Crippen LogP contribution in [0.3, 0.4) is 0 Å². The fourth-order valence-electron chi connectivity index (χ4n) is 1.68. The van der Waals surface area contributed by atoms with Gasteiger partial charge in [-0.15, -0.1) is 0 Å². The molecule has 1 heterocycles. The number of phenolic OH excluding ortho intramolecular Hbond substituents is 1. The number of benzene rings is 1. The normalized spacial score (nSPS) is 14.8. The van der Waals surface area contributed by atoms with E-state index in [9.17, 15) is 9.90 Å². The number of aliphatic carboxylic acids is 1. The van der Waals surface area contributed by atoms with E-state index in [4.69, 9.17) is 14.6 Å². The van der Waals surface area contributed by atoms with Gasteiger partial charge in [0.15, 0.2) is 11.5 Å². The topological polar surface area (TPSA) is 76.0 Å². The number of hydrogen-bond acceptors (Lipinski definition) is 4. The van der Waals surface area contributed by atoms with Crippen molar-refractivity contribution >= 4 is 5.97 Å². The molecular formula is C11H12O5. The highest BCUT2D eigenvalue weighted by molar-refractivity contribution is 5.68. The Bertz CT molecular complexity index is 427.